The van der Waals surface area contributed by atoms with Crippen LogP contribution in [-0.4, -0.2) is 30.9 Å². The van der Waals surface area contributed by atoms with Gasteiger partial charge in [-0.15, -0.1) is 0 Å². The predicted molar refractivity (Wildman–Crippen MR) is 123 cm³/mol. The minimum Gasteiger partial charge on any atom is -0.459 e. The molecular weight excluding hydrogens is 388 g/mol. The lowest BCUT2D eigenvalue weighted by Gasteiger charge is -2.34. The summed E-state index contributed by atoms with van der Waals surface area (Å²) in [5.74, 6) is -0.492. The molecule has 1 aromatic rings. The quantitative estimate of drug-likeness (QED) is 0.655. The van der Waals surface area contributed by atoms with Crippen molar-refractivity contribution in [1.29, 1.82) is 0 Å². The smallest absolute Gasteiger partial charge is 0.337 e. The molecule has 3 aliphatic rings. The second kappa shape index (κ2) is 9.29. The largest absolute Gasteiger partial charge is 0.459 e. The van der Waals surface area contributed by atoms with Crippen molar-refractivity contribution >= 4 is 17.4 Å². The fourth-order valence-corrected chi connectivity index (χ4v) is 5.27. The number of carbonyl (C=O) groups excluding carboxylic acids is 2. The monoisotopic (exact) mass is 422 g/mol. The molecule has 1 saturated carbocycles. The van der Waals surface area contributed by atoms with Crippen molar-refractivity contribution < 1.29 is 14.3 Å². The summed E-state index contributed by atoms with van der Waals surface area (Å²) in [7, 11) is 0. The van der Waals surface area contributed by atoms with E-state index in [4.69, 9.17) is 4.74 Å². The molecule has 1 N–H and O–H groups in total. The fourth-order valence-electron chi connectivity index (χ4n) is 5.27. The average molecular weight is 423 g/mol. The van der Waals surface area contributed by atoms with Crippen LogP contribution in [0.1, 0.15) is 77.2 Å². The van der Waals surface area contributed by atoms with Gasteiger partial charge in [-0.3, -0.25) is 4.79 Å². The van der Waals surface area contributed by atoms with Gasteiger partial charge in [0.15, 0.2) is 5.78 Å². The van der Waals surface area contributed by atoms with Crippen molar-refractivity contribution in [2.75, 3.05) is 18.0 Å². The summed E-state index contributed by atoms with van der Waals surface area (Å²) in [6, 6.07) is 8.36. The lowest BCUT2D eigenvalue weighted by atomic mass is 9.75. The number of ketones is 1. The van der Waals surface area contributed by atoms with Gasteiger partial charge in [0.05, 0.1) is 5.57 Å². The molecule has 0 amide bonds. The number of rotatable bonds is 6. The predicted octanol–water partition coefficient (Wildman–Crippen LogP) is 4.99. The molecule has 5 nitrogen and oxygen atoms in total. The van der Waals surface area contributed by atoms with Crippen LogP contribution in [0.4, 0.5) is 5.69 Å². The Morgan fingerprint density at radius 3 is 2.39 bits per heavy atom. The number of esters is 1. The number of benzene rings is 1. The van der Waals surface area contributed by atoms with Gasteiger partial charge in [0.1, 0.15) is 6.10 Å². The van der Waals surface area contributed by atoms with E-state index in [1.54, 1.807) is 0 Å². The number of Topliss-reactive ketones (excluding diaryl/α,β-unsaturated/α-hetero) is 1. The van der Waals surface area contributed by atoms with Crippen LogP contribution >= 0.6 is 0 Å². The van der Waals surface area contributed by atoms with Gasteiger partial charge in [0.25, 0.3) is 0 Å². The zero-order chi connectivity index (χ0) is 22.0. The average Bonchev–Trinajstić information content (AvgIpc) is 3.27. The first-order valence-electron chi connectivity index (χ1n) is 11.8. The zero-order valence-corrected chi connectivity index (χ0v) is 19.0. The van der Waals surface area contributed by atoms with Crippen molar-refractivity contribution in [3.05, 3.63) is 52.4 Å². The summed E-state index contributed by atoms with van der Waals surface area (Å²) in [6.45, 7) is 8.10. The fraction of sp³-hybridized carbons (Fsp3) is 0.538. The highest BCUT2D eigenvalue weighted by Crippen LogP contribution is 2.43. The summed E-state index contributed by atoms with van der Waals surface area (Å²) in [4.78, 5) is 28.6. The second-order valence-electron chi connectivity index (χ2n) is 8.84. The van der Waals surface area contributed by atoms with Crippen LogP contribution in [0.3, 0.4) is 0 Å². The molecule has 1 aliphatic heterocycles. The van der Waals surface area contributed by atoms with Gasteiger partial charge in [0.2, 0.25) is 0 Å². The Kier molecular flexibility index (Phi) is 6.49. The summed E-state index contributed by atoms with van der Waals surface area (Å²) >= 11 is 0. The zero-order valence-electron chi connectivity index (χ0n) is 19.0. The molecule has 31 heavy (non-hydrogen) atoms. The number of nitrogens with one attached hydrogen (secondary N) is 1. The third-order valence-corrected chi connectivity index (χ3v) is 6.93. The molecule has 0 radical (unpaired) electrons. The highest BCUT2D eigenvalue weighted by Gasteiger charge is 2.39. The van der Waals surface area contributed by atoms with Gasteiger partial charge in [-0.25, -0.2) is 4.79 Å². The molecule has 0 spiro atoms. The maximum atomic E-state index is 13.3. The molecule has 0 unspecified atom stereocenters. The van der Waals surface area contributed by atoms with Crippen molar-refractivity contribution in [1.82, 2.24) is 5.32 Å². The van der Waals surface area contributed by atoms with Crippen LogP contribution in [0, 0.1) is 0 Å². The first-order valence-corrected chi connectivity index (χ1v) is 11.8. The molecule has 1 atom stereocenters. The first-order chi connectivity index (χ1) is 15.0. The van der Waals surface area contributed by atoms with E-state index in [1.807, 2.05) is 6.92 Å². The number of allylic oxidation sites excluding steroid dienone is 3. The topological polar surface area (TPSA) is 58.6 Å². The molecular formula is C26H34N2O3. The number of hydrogen-bond donors (Lipinski definition) is 1. The van der Waals surface area contributed by atoms with Crippen LogP contribution in [0.2, 0.25) is 0 Å². The van der Waals surface area contributed by atoms with Gasteiger partial charge < -0.3 is 15.0 Å². The van der Waals surface area contributed by atoms with Crippen LogP contribution in [0.5, 0.6) is 0 Å². The van der Waals surface area contributed by atoms with E-state index < -0.39 is 0 Å². The van der Waals surface area contributed by atoms with Crippen LogP contribution in [-0.2, 0) is 14.3 Å². The van der Waals surface area contributed by atoms with E-state index in [2.05, 4.69) is 48.3 Å². The third-order valence-electron chi connectivity index (χ3n) is 6.93. The standard InChI is InChI=1S/C26H34N2O3/c1-4-28(5-2)19-15-13-18(14-16-19)24-23(26(30)31-20-9-6-7-10-20)17(3)27-21-11-8-12-22(29)25(21)24/h13-16,20,24,27H,4-12H2,1-3H3/t24-/m1/s1. The van der Waals surface area contributed by atoms with Crippen LogP contribution < -0.4 is 10.2 Å². The minimum atomic E-state index is -0.358. The molecule has 166 valence electrons. The second-order valence-corrected chi connectivity index (χ2v) is 8.84. The number of anilines is 1. The Labute approximate surface area is 185 Å². The molecule has 0 saturated heterocycles. The maximum absolute atomic E-state index is 13.3. The molecule has 5 heteroatoms. The number of carbonyl (C=O) groups is 2. The first kappa shape index (κ1) is 21.7. The molecule has 1 aromatic carbocycles. The third kappa shape index (κ3) is 4.28. The van der Waals surface area contributed by atoms with Crippen molar-refractivity contribution in [3.8, 4) is 0 Å². The summed E-state index contributed by atoms with van der Waals surface area (Å²) in [6.07, 6.45) is 6.32. The van der Waals surface area contributed by atoms with E-state index in [9.17, 15) is 9.59 Å². The molecule has 0 bridgehead atoms. The van der Waals surface area contributed by atoms with Crippen molar-refractivity contribution in [3.63, 3.8) is 0 Å². The molecule has 4 rings (SSSR count). The summed E-state index contributed by atoms with van der Waals surface area (Å²) in [5, 5.41) is 3.38. The SMILES string of the molecule is CCN(CC)c1ccc([C@@H]2C(C(=O)OC3CCCC3)=C(C)NC3=C2C(=O)CCC3)cc1. The van der Waals surface area contributed by atoms with Gasteiger partial charge in [-0.05, 0) is 77.0 Å². The van der Waals surface area contributed by atoms with Crippen molar-refractivity contribution in [2.24, 2.45) is 0 Å². The number of dihydropyridines is 1. The van der Waals surface area contributed by atoms with Crippen molar-refractivity contribution in [2.45, 2.75) is 77.7 Å². The maximum Gasteiger partial charge on any atom is 0.337 e. The minimum absolute atomic E-state index is 0.00377. The Morgan fingerprint density at radius 2 is 1.74 bits per heavy atom. The van der Waals surface area contributed by atoms with Gasteiger partial charge in [0, 0.05) is 48.1 Å². The van der Waals surface area contributed by atoms with E-state index in [-0.39, 0.29) is 23.8 Å². The van der Waals surface area contributed by atoms with Gasteiger partial charge in [-0.2, -0.15) is 0 Å². The number of hydrogen-bond acceptors (Lipinski definition) is 5. The Morgan fingerprint density at radius 1 is 1.06 bits per heavy atom. The molecule has 0 aromatic heterocycles. The Hall–Kier alpha value is -2.56. The Balaban J connectivity index is 1.72. The van der Waals surface area contributed by atoms with Crippen LogP contribution in [0.25, 0.3) is 0 Å². The lowest BCUT2D eigenvalue weighted by Crippen LogP contribution is -2.35. The lowest BCUT2D eigenvalue weighted by molar-refractivity contribution is -0.144. The number of nitrogens with zero attached hydrogens (tertiary/aromatic N) is 1. The van der Waals surface area contributed by atoms with Gasteiger partial charge in [-0.1, -0.05) is 12.1 Å². The Bertz CT molecular complexity index is 903. The van der Waals surface area contributed by atoms with E-state index in [1.165, 1.54) is 0 Å². The molecule has 1 fully saturated rings. The summed E-state index contributed by atoms with van der Waals surface area (Å²) in [5.41, 5.74) is 5.28. The highest BCUT2D eigenvalue weighted by atomic mass is 16.5. The van der Waals surface area contributed by atoms with Gasteiger partial charge >= 0.3 is 5.97 Å². The van der Waals surface area contributed by atoms with E-state index in [0.29, 0.717) is 12.0 Å². The normalized spacial score (nSPS) is 21.8. The van der Waals surface area contributed by atoms with E-state index in [0.717, 1.165) is 79.8 Å². The molecule has 1 heterocycles. The number of ether oxygens (including phenoxy) is 1. The summed E-state index contributed by atoms with van der Waals surface area (Å²) < 4.78 is 5.91. The highest BCUT2D eigenvalue weighted by molar-refractivity contribution is 6.03. The van der Waals surface area contributed by atoms with Crippen LogP contribution in [0.15, 0.2) is 46.8 Å². The molecule has 2 aliphatic carbocycles. The van der Waals surface area contributed by atoms with E-state index >= 15 is 0 Å².